The van der Waals surface area contributed by atoms with Crippen LogP contribution in [0.4, 0.5) is 11.4 Å². The molecule has 3 nitrogen and oxygen atoms in total. The SMILES string of the molecule is CNCCN(C)c1ccc(N)cc1Cl. The summed E-state index contributed by atoms with van der Waals surface area (Å²) >= 11 is 6.06. The second kappa shape index (κ2) is 5.08. The Morgan fingerprint density at radius 1 is 1.50 bits per heavy atom. The number of rotatable bonds is 4. The number of hydrogen-bond acceptors (Lipinski definition) is 3. The number of nitrogens with two attached hydrogens (primary N) is 1. The summed E-state index contributed by atoms with van der Waals surface area (Å²) in [6.45, 7) is 1.84. The number of benzene rings is 1. The molecule has 4 heteroatoms. The largest absolute Gasteiger partial charge is 0.399 e. The third kappa shape index (κ3) is 2.79. The lowest BCUT2D eigenvalue weighted by Crippen LogP contribution is -2.27. The fourth-order valence-electron chi connectivity index (χ4n) is 1.23. The third-order valence-corrected chi connectivity index (χ3v) is 2.38. The number of likely N-dealkylation sites (N-methyl/N-ethyl adjacent to an activating group) is 2. The van der Waals surface area contributed by atoms with Gasteiger partial charge in [0.1, 0.15) is 0 Å². The van der Waals surface area contributed by atoms with E-state index in [0.29, 0.717) is 10.7 Å². The van der Waals surface area contributed by atoms with Gasteiger partial charge < -0.3 is 16.0 Å². The molecule has 0 atom stereocenters. The van der Waals surface area contributed by atoms with E-state index in [1.54, 1.807) is 6.07 Å². The summed E-state index contributed by atoms with van der Waals surface area (Å²) in [7, 11) is 3.94. The Balaban J connectivity index is 2.74. The van der Waals surface area contributed by atoms with Gasteiger partial charge in [-0.1, -0.05) is 11.6 Å². The van der Waals surface area contributed by atoms with Crippen LogP contribution >= 0.6 is 11.6 Å². The van der Waals surface area contributed by atoms with E-state index in [2.05, 4.69) is 10.2 Å². The lowest BCUT2D eigenvalue weighted by atomic mass is 10.2. The fourth-order valence-corrected chi connectivity index (χ4v) is 1.57. The molecule has 0 aliphatic carbocycles. The van der Waals surface area contributed by atoms with Crippen LogP contribution in [-0.2, 0) is 0 Å². The molecule has 0 amide bonds. The van der Waals surface area contributed by atoms with Gasteiger partial charge in [-0.05, 0) is 25.2 Å². The van der Waals surface area contributed by atoms with Gasteiger partial charge in [0.2, 0.25) is 0 Å². The van der Waals surface area contributed by atoms with Gasteiger partial charge in [0.15, 0.2) is 0 Å². The Bertz CT molecular complexity index is 301. The minimum absolute atomic E-state index is 0.695. The topological polar surface area (TPSA) is 41.3 Å². The molecule has 0 radical (unpaired) electrons. The van der Waals surface area contributed by atoms with Gasteiger partial charge >= 0.3 is 0 Å². The molecular weight excluding hydrogens is 198 g/mol. The normalized spacial score (nSPS) is 10.2. The number of nitrogens with zero attached hydrogens (tertiary/aromatic N) is 1. The van der Waals surface area contributed by atoms with Crippen LogP contribution in [0.3, 0.4) is 0 Å². The van der Waals surface area contributed by atoms with E-state index < -0.39 is 0 Å². The lowest BCUT2D eigenvalue weighted by molar-refractivity contribution is 0.768. The van der Waals surface area contributed by atoms with Gasteiger partial charge in [-0.15, -0.1) is 0 Å². The average molecular weight is 214 g/mol. The number of nitrogen functional groups attached to an aromatic ring is 1. The predicted molar refractivity (Wildman–Crippen MR) is 63.1 cm³/mol. The van der Waals surface area contributed by atoms with Crippen molar-refractivity contribution in [2.24, 2.45) is 0 Å². The van der Waals surface area contributed by atoms with E-state index in [1.807, 2.05) is 26.2 Å². The number of anilines is 2. The lowest BCUT2D eigenvalue weighted by Gasteiger charge is -2.20. The van der Waals surface area contributed by atoms with Crippen molar-refractivity contribution >= 4 is 23.0 Å². The van der Waals surface area contributed by atoms with Gasteiger partial charge in [-0.2, -0.15) is 0 Å². The van der Waals surface area contributed by atoms with Gasteiger partial charge in [0, 0.05) is 25.8 Å². The van der Waals surface area contributed by atoms with Crippen LogP contribution in [0.2, 0.25) is 5.02 Å². The molecule has 3 N–H and O–H groups in total. The van der Waals surface area contributed by atoms with Crippen molar-refractivity contribution in [3.63, 3.8) is 0 Å². The van der Waals surface area contributed by atoms with Crippen molar-refractivity contribution in [2.75, 3.05) is 37.8 Å². The molecule has 0 bridgehead atoms. The molecule has 0 aliphatic heterocycles. The van der Waals surface area contributed by atoms with Crippen molar-refractivity contribution in [3.8, 4) is 0 Å². The first-order valence-electron chi connectivity index (χ1n) is 4.56. The highest BCUT2D eigenvalue weighted by Gasteiger charge is 2.04. The van der Waals surface area contributed by atoms with Crippen LogP contribution in [0.5, 0.6) is 0 Å². The van der Waals surface area contributed by atoms with Crippen molar-refractivity contribution in [3.05, 3.63) is 23.2 Å². The summed E-state index contributed by atoms with van der Waals surface area (Å²) in [4.78, 5) is 2.10. The first kappa shape index (κ1) is 11.1. The van der Waals surface area contributed by atoms with Gasteiger partial charge in [-0.25, -0.2) is 0 Å². The summed E-state index contributed by atoms with van der Waals surface area (Å²) in [5, 5.41) is 3.79. The standard InChI is InChI=1S/C10H16ClN3/c1-13-5-6-14(2)10-4-3-8(12)7-9(10)11/h3-4,7,13H,5-6,12H2,1-2H3. The fraction of sp³-hybridized carbons (Fsp3) is 0.400. The summed E-state index contributed by atoms with van der Waals surface area (Å²) in [6.07, 6.45) is 0. The van der Waals surface area contributed by atoms with Crippen molar-refractivity contribution in [1.82, 2.24) is 5.32 Å². The van der Waals surface area contributed by atoms with E-state index in [0.717, 1.165) is 18.8 Å². The molecule has 0 fully saturated rings. The second-order valence-corrected chi connectivity index (χ2v) is 3.64. The van der Waals surface area contributed by atoms with Crippen LogP contribution in [0.25, 0.3) is 0 Å². The second-order valence-electron chi connectivity index (χ2n) is 3.24. The molecule has 14 heavy (non-hydrogen) atoms. The molecule has 1 aromatic carbocycles. The molecule has 0 aromatic heterocycles. The summed E-state index contributed by atoms with van der Waals surface area (Å²) in [5.74, 6) is 0. The van der Waals surface area contributed by atoms with Crippen LogP contribution in [-0.4, -0.2) is 27.2 Å². The number of halogens is 1. The van der Waals surface area contributed by atoms with Crippen molar-refractivity contribution in [1.29, 1.82) is 0 Å². The average Bonchev–Trinajstić information content (AvgIpc) is 2.14. The Kier molecular flexibility index (Phi) is 4.04. The van der Waals surface area contributed by atoms with E-state index in [9.17, 15) is 0 Å². The molecule has 0 saturated heterocycles. The molecule has 1 aromatic rings. The van der Waals surface area contributed by atoms with E-state index in [-0.39, 0.29) is 0 Å². The maximum absolute atomic E-state index is 6.06. The van der Waals surface area contributed by atoms with Gasteiger partial charge in [0.05, 0.1) is 10.7 Å². The molecule has 0 heterocycles. The molecule has 0 unspecified atom stereocenters. The van der Waals surface area contributed by atoms with Crippen LogP contribution < -0.4 is 16.0 Å². The monoisotopic (exact) mass is 213 g/mol. The Morgan fingerprint density at radius 3 is 2.79 bits per heavy atom. The maximum atomic E-state index is 6.06. The van der Waals surface area contributed by atoms with E-state index in [1.165, 1.54) is 0 Å². The predicted octanol–water partition coefficient (Wildman–Crippen LogP) is 1.58. The maximum Gasteiger partial charge on any atom is 0.0659 e. The van der Waals surface area contributed by atoms with Crippen molar-refractivity contribution in [2.45, 2.75) is 0 Å². The van der Waals surface area contributed by atoms with Crippen LogP contribution in [0.1, 0.15) is 0 Å². The van der Waals surface area contributed by atoms with Gasteiger partial charge in [-0.3, -0.25) is 0 Å². The highest BCUT2D eigenvalue weighted by Crippen LogP contribution is 2.26. The first-order chi connectivity index (χ1) is 6.65. The van der Waals surface area contributed by atoms with E-state index in [4.69, 9.17) is 17.3 Å². The Hall–Kier alpha value is -0.930. The van der Waals surface area contributed by atoms with Crippen LogP contribution in [0.15, 0.2) is 18.2 Å². The molecule has 0 spiro atoms. The zero-order chi connectivity index (χ0) is 10.6. The van der Waals surface area contributed by atoms with Crippen LogP contribution in [0, 0.1) is 0 Å². The zero-order valence-electron chi connectivity index (χ0n) is 8.55. The van der Waals surface area contributed by atoms with Crippen molar-refractivity contribution < 1.29 is 0 Å². The Morgan fingerprint density at radius 2 is 2.21 bits per heavy atom. The zero-order valence-corrected chi connectivity index (χ0v) is 9.30. The molecule has 0 saturated carbocycles. The summed E-state index contributed by atoms with van der Waals surface area (Å²) in [6, 6.07) is 5.57. The first-order valence-corrected chi connectivity index (χ1v) is 4.93. The Labute approximate surface area is 89.8 Å². The molecular formula is C10H16ClN3. The summed E-state index contributed by atoms with van der Waals surface area (Å²) in [5.41, 5.74) is 7.32. The van der Waals surface area contributed by atoms with Gasteiger partial charge in [0.25, 0.3) is 0 Å². The smallest absolute Gasteiger partial charge is 0.0659 e. The quantitative estimate of drug-likeness (QED) is 0.747. The van der Waals surface area contributed by atoms with E-state index >= 15 is 0 Å². The highest BCUT2D eigenvalue weighted by atomic mass is 35.5. The number of nitrogens with one attached hydrogen (secondary N) is 1. The minimum Gasteiger partial charge on any atom is -0.399 e. The summed E-state index contributed by atoms with van der Waals surface area (Å²) < 4.78 is 0. The minimum atomic E-state index is 0.695. The molecule has 78 valence electrons. The molecule has 0 aliphatic rings. The molecule has 1 rings (SSSR count). The number of hydrogen-bond donors (Lipinski definition) is 2. The highest BCUT2D eigenvalue weighted by molar-refractivity contribution is 6.33. The third-order valence-electron chi connectivity index (χ3n) is 2.08.